The zero-order valence-corrected chi connectivity index (χ0v) is 18.4. The fourth-order valence-corrected chi connectivity index (χ4v) is 4.83. The van der Waals surface area contributed by atoms with Gasteiger partial charge in [0.25, 0.3) is 11.8 Å². The first-order valence-corrected chi connectivity index (χ1v) is 11.3. The molecule has 1 aromatic heterocycles. The first-order valence-electron chi connectivity index (χ1n) is 10.9. The van der Waals surface area contributed by atoms with Gasteiger partial charge < -0.3 is 4.57 Å². The lowest BCUT2D eigenvalue weighted by Crippen LogP contribution is -2.56. The molecule has 2 aromatic carbocycles. The molecule has 32 heavy (non-hydrogen) atoms. The number of carbonyl (C=O) groups is 2. The van der Waals surface area contributed by atoms with Crippen LogP contribution in [0, 0.1) is 0 Å². The third-order valence-electron chi connectivity index (χ3n) is 6.07. The zero-order chi connectivity index (χ0) is 22.1. The van der Waals surface area contributed by atoms with Gasteiger partial charge in [-0.15, -0.1) is 0 Å². The van der Waals surface area contributed by atoms with E-state index in [1.807, 2.05) is 79.1 Å². The number of para-hydroxylation sites is 2. The van der Waals surface area contributed by atoms with Crippen LogP contribution >= 0.6 is 12.2 Å². The van der Waals surface area contributed by atoms with Gasteiger partial charge in [-0.25, -0.2) is 0 Å². The smallest absolute Gasteiger partial charge is 0.270 e. The molecule has 6 heteroatoms. The monoisotopic (exact) mass is 441 g/mol. The van der Waals surface area contributed by atoms with Gasteiger partial charge in [-0.2, -0.15) is 0 Å². The lowest BCUT2D eigenvalue weighted by atomic mass is 10.1. The normalized spacial score (nSPS) is 17.4. The van der Waals surface area contributed by atoms with E-state index in [1.54, 1.807) is 6.08 Å². The van der Waals surface area contributed by atoms with E-state index < -0.39 is 11.8 Å². The molecular formula is C26H23N3O2S. The van der Waals surface area contributed by atoms with Crippen LogP contribution in [0.2, 0.25) is 0 Å². The topological polar surface area (TPSA) is 45.6 Å². The first kappa shape index (κ1) is 20.4. The highest BCUT2D eigenvalue weighted by Crippen LogP contribution is 2.32. The van der Waals surface area contributed by atoms with Gasteiger partial charge in [0.05, 0.1) is 11.4 Å². The van der Waals surface area contributed by atoms with Gasteiger partial charge in [-0.3, -0.25) is 19.4 Å². The molecular weight excluding hydrogens is 418 g/mol. The molecule has 5 nitrogen and oxygen atoms in total. The molecule has 0 radical (unpaired) electrons. The van der Waals surface area contributed by atoms with Gasteiger partial charge in [0.1, 0.15) is 5.57 Å². The predicted octanol–water partition coefficient (Wildman–Crippen LogP) is 5.35. The highest BCUT2D eigenvalue weighted by atomic mass is 32.1. The molecule has 0 unspecified atom stereocenters. The fourth-order valence-electron chi connectivity index (χ4n) is 4.45. The SMILES string of the molecule is O=C1C(=Cc2ccn(C3CCCC3)c2)C(=O)N(c2ccccc2)C(=S)N1c1ccccc1. The third kappa shape index (κ3) is 3.67. The third-order valence-corrected chi connectivity index (χ3v) is 6.44. The second-order valence-corrected chi connectivity index (χ2v) is 8.49. The van der Waals surface area contributed by atoms with Crippen LogP contribution in [-0.2, 0) is 9.59 Å². The molecule has 2 fully saturated rings. The Kier molecular flexibility index (Phi) is 5.45. The average molecular weight is 442 g/mol. The number of rotatable bonds is 4. The summed E-state index contributed by atoms with van der Waals surface area (Å²) in [7, 11) is 0. The average Bonchev–Trinajstić information content (AvgIpc) is 3.50. The number of benzene rings is 2. The van der Waals surface area contributed by atoms with Crippen LogP contribution in [0.25, 0.3) is 6.08 Å². The van der Waals surface area contributed by atoms with Gasteiger partial charge in [0.2, 0.25) is 0 Å². The molecule has 2 heterocycles. The molecule has 1 aliphatic carbocycles. The Bertz CT molecular complexity index is 1130. The summed E-state index contributed by atoms with van der Waals surface area (Å²) in [5.74, 6) is -0.820. The van der Waals surface area contributed by atoms with E-state index >= 15 is 0 Å². The Morgan fingerprint density at radius 2 is 1.31 bits per heavy atom. The van der Waals surface area contributed by atoms with Crippen LogP contribution in [0.1, 0.15) is 37.3 Å². The molecule has 2 amide bonds. The van der Waals surface area contributed by atoms with E-state index in [1.165, 1.54) is 35.5 Å². The summed E-state index contributed by atoms with van der Waals surface area (Å²) >= 11 is 5.64. The standard InChI is InChI=1S/C26H23N3O2S/c30-24-23(17-19-15-16-27(18-19)20-9-7-8-10-20)25(31)29(22-13-5-2-6-14-22)26(32)28(24)21-11-3-1-4-12-21/h1-6,11-18,20H,7-10H2. The molecule has 1 aliphatic heterocycles. The number of thiocarbonyl (C=S) groups is 1. The van der Waals surface area contributed by atoms with E-state index in [9.17, 15) is 9.59 Å². The van der Waals surface area contributed by atoms with Crippen molar-refractivity contribution >= 4 is 46.6 Å². The second-order valence-electron chi connectivity index (χ2n) is 8.12. The van der Waals surface area contributed by atoms with E-state index in [0.717, 1.165) is 5.56 Å². The van der Waals surface area contributed by atoms with Crippen molar-refractivity contribution in [1.82, 2.24) is 4.57 Å². The minimum atomic E-state index is -0.410. The molecule has 0 spiro atoms. The van der Waals surface area contributed by atoms with Crippen LogP contribution < -0.4 is 9.80 Å². The molecule has 160 valence electrons. The number of carbonyl (C=O) groups excluding carboxylic acids is 2. The van der Waals surface area contributed by atoms with Crippen molar-refractivity contribution in [2.45, 2.75) is 31.7 Å². The maximum atomic E-state index is 13.5. The van der Waals surface area contributed by atoms with Crippen molar-refractivity contribution in [1.29, 1.82) is 0 Å². The minimum Gasteiger partial charge on any atom is -0.351 e. The van der Waals surface area contributed by atoms with Crippen LogP contribution in [0.4, 0.5) is 11.4 Å². The summed E-state index contributed by atoms with van der Waals surface area (Å²) in [5, 5.41) is 0.151. The number of hydrogen-bond donors (Lipinski definition) is 0. The summed E-state index contributed by atoms with van der Waals surface area (Å²) < 4.78 is 2.20. The Balaban J connectivity index is 1.57. The van der Waals surface area contributed by atoms with Gasteiger partial charge >= 0.3 is 0 Å². The van der Waals surface area contributed by atoms with Crippen LogP contribution in [0.5, 0.6) is 0 Å². The highest BCUT2D eigenvalue weighted by Gasteiger charge is 2.41. The van der Waals surface area contributed by atoms with Gasteiger partial charge in [0, 0.05) is 18.4 Å². The van der Waals surface area contributed by atoms with E-state index in [0.29, 0.717) is 17.4 Å². The quantitative estimate of drug-likeness (QED) is 0.311. The molecule has 3 aromatic rings. The summed E-state index contributed by atoms with van der Waals surface area (Å²) in [6, 6.07) is 20.9. The van der Waals surface area contributed by atoms with Crippen molar-refractivity contribution in [2.75, 3.05) is 9.80 Å². The molecule has 0 bridgehead atoms. The molecule has 0 atom stereocenters. The van der Waals surface area contributed by atoms with Crippen LogP contribution in [0.15, 0.2) is 84.7 Å². The maximum absolute atomic E-state index is 13.5. The molecule has 1 saturated carbocycles. The Morgan fingerprint density at radius 3 is 1.84 bits per heavy atom. The minimum absolute atomic E-state index is 0.0930. The molecule has 1 saturated heterocycles. The summed E-state index contributed by atoms with van der Waals surface area (Å²) in [4.78, 5) is 29.9. The highest BCUT2D eigenvalue weighted by molar-refractivity contribution is 7.81. The fraction of sp³-hybridized carbons (Fsp3) is 0.192. The number of amides is 2. The maximum Gasteiger partial charge on any atom is 0.270 e. The first-order chi connectivity index (χ1) is 15.6. The number of aromatic nitrogens is 1. The predicted molar refractivity (Wildman–Crippen MR) is 130 cm³/mol. The van der Waals surface area contributed by atoms with Crippen molar-refractivity contribution in [3.05, 3.63) is 90.3 Å². The van der Waals surface area contributed by atoms with Crippen LogP contribution in [0.3, 0.4) is 0 Å². The van der Waals surface area contributed by atoms with Crippen molar-refractivity contribution in [3.63, 3.8) is 0 Å². The Labute approximate surface area is 192 Å². The van der Waals surface area contributed by atoms with Gasteiger partial charge in [0.15, 0.2) is 5.11 Å². The van der Waals surface area contributed by atoms with Crippen LogP contribution in [-0.4, -0.2) is 21.5 Å². The lowest BCUT2D eigenvalue weighted by Gasteiger charge is -2.36. The second kappa shape index (κ2) is 8.55. The number of anilines is 2. The zero-order valence-electron chi connectivity index (χ0n) is 17.6. The van der Waals surface area contributed by atoms with Gasteiger partial charge in [-0.1, -0.05) is 49.2 Å². The summed E-state index contributed by atoms with van der Waals surface area (Å²) in [6.45, 7) is 0. The Morgan fingerprint density at radius 1 is 0.781 bits per heavy atom. The van der Waals surface area contributed by atoms with E-state index in [4.69, 9.17) is 12.2 Å². The Hall–Kier alpha value is -3.51. The summed E-state index contributed by atoms with van der Waals surface area (Å²) in [5.41, 5.74) is 2.19. The van der Waals surface area contributed by atoms with Crippen molar-refractivity contribution in [2.24, 2.45) is 0 Å². The van der Waals surface area contributed by atoms with Crippen molar-refractivity contribution in [3.8, 4) is 0 Å². The number of nitrogens with zero attached hydrogens (tertiary/aromatic N) is 3. The lowest BCUT2D eigenvalue weighted by molar-refractivity contribution is -0.120. The van der Waals surface area contributed by atoms with Crippen molar-refractivity contribution < 1.29 is 9.59 Å². The molecule has 2 aliphatic rings. The summed E-state index contributed by atoms with van der Waals surface area (Å²) in [6.07, 6.45) is 10.6. The van der Waals surface area contributed by atoms with E-state index in [2.05, 4.69) is 4.57 Å². The van der Waals surface area contributed by atoms with E-state index in [-0.39, 0.29) is 10.7 Å². The van der Waals surface area contributed by atoms with Gasteiger partial charge in [-0.05, 0) is 67.0 Å². The number of hydrogen-bond acceptors (Lipinski definition) is 3. The largest absolute Gasteiger partial charge is 0.351 e. The molecule has 5 rings (SSSR count). The molecule has 0 N–H and O–H groups in total.